The fraction of sp³-hybridized carbons (Fsp3) is 0.300. The van der Waals surface area contributed by atoms with E-state index in [-0.39, 0.29) is 0 Å². The third-order valence-electron chi connectivity index (χ3n) is 2.06. The molecule has 0 spiro atoms. The number of aromatic nitrogens is 4. The second-order valence-electron chi connectivity index (χ2n) is 3.43. The second-order valence-corrected chi connectivity index (χ2v) is 3.43. The Morgan fingerprint density at radius 3 is 2.60 bits per heavy atom. The first-order valence-corrected chi connectivity index (χ1v) is 4.77. The van der Waals surface area contributed by atoms with Crippen LogP contribution in [0.5, 0.6) is 0 Å². The molecule has 2 aromatic rings. The van der Waals surface area contributed by atoms with Crippen molar-refractivity contribution in [3.63, 3.8) is 0 Å². The molecule has 0 saturated carbocycles. The summed E-state index contributed by atoms with van der Waals surface area (Å²) in [6.07, 6.45) is 7.27. The Labute approximate surface area is 88.0 Å². The van der Waals surface area contributed by atoms with Gasteiger partial charge in [-0.15, -0.1) is 0 Å². The molecular formula is C10H13N5. The minimum atomic E-state index is 0.509. The van der Waals surface area contributed by atoms with E-state index in [1.807, 2.05) is 13.1 Å². The number of nitrogens with two attached hydrogens (primary N) is 1. The molecule has 0 aliphatic rings. The first kappa shape index (κ1) is 9.79. The quantitative estimate of drug-likeness (QED) is 0.788. The normalized spacial score (nSPS) is 10.5. The number of hydrogen-bond donors (Lipinski definition) is 1. The molecule has 0 aromatic carbocycles. The van der Waals surface area contributed by atoms with E-state index in [9.17, 15) is 0 Å². The molecule has 5 nitrogen and oxygen atoms in total. The molecule has 0 atom stereocenters. The van der Waals surface area contributed by atoms with E-state index in [0.717, 1.165) is 17.0 Å². The van der Waals surface area contributed by atoms with Gasteiger partial charge < -0.3 is 5.73 Å². The summed E-state index contributed by atoms with van der Waals surface area (Å²) in [7, 11) is 0. The van der Waals surface area contributed by atoms with Crippen LogP contribution in [0.2, 0.25) is 0 Å². The van der Waals surface area contributed by atoms with Crippen LogP contribution in [0.3, 0.4) is 0 Å². The summed E-state index contributed by atoms with van der Waals surface area (Å²) in [4.78, 5) is 8.41. The van der Waals surface area contributed by atoms with Crippen molar-refractivity contribution in [2.24, 2.45) is 5.73 Å². The fourth-order valence-corrected chi connectivity index (χ4v) is 1.24. The first-order valence-electron chi connectivity index (χ1n) is 4.77. The Hall–Kier alpha value is -1.75. The van der Waals surface area contributed by atoms with Gasteiger partial charge in [-0.1, -0.05) is 0 Å². The maximum absolute atomic E-state index is 5.49. The number of hydrogen-bond acceptors (Lipinski definition) is 4. The van der Waals surface area contributed by atoms with Gasteiger partial charge in [0.05, 0.1) is 6.20 Å². The van der Waals surface area contributed by atoms with Crippen molar-refractivity contribution in [3.05, 3.63) is 41.7 Å². The summed E-state index contributed by atoms with van der Waals surface area (Å²) in [6.45, 7) is 3.05. The average Bonchev–Trinajstić information content (AvgIpc) is 2.69. The Kier molecular flexibility index (Phi) is 2.73. The molecular weight excluding hydrogens is 190 g/mol. The minimum absolute atomic E-state index is 0.509. The lowest BCUT2D eigenvalue weighted by molar-refractivity contribution is 0.653. The molecule has 0 radical (unpaired) electrons. The van der Waals surface area contributed by atoms with Gasteiger partial charge in [-0.25, -0.2) is 9.97 Å². The van der Waals surface area contributed by atoms with Crippen molar-refractivity contribution in [1.29, 1.82) is 0 Å². The molecule has 2 aromatic heterocycles. The monoisotopic (exact) mass is 203 g/mol. The van der Waals surface area contributed by atoms with Crippen molar-refractivity contribution in [3.8, 4) is 0 Å². The summed E-state index contributed by atoms with van der Waals surface area (Å²) in [5.41, 5.74) is 7.56. The molecule has 2 heterocycles. The van der Waals surface area contributed by atoms with Crippen LogP contribution >= 0.6 is 0 Å². The van der Waals surface area contributed by atoms with Gasteiger partial charge in [-0.05, 0) is 12.5 Å². The fourth-order valence-electron chi connectivity index (χ4n) is 1.24. The molecule has 2 N–H and O–H groups in total. The van der Waals surface area contributed by atoms with Crippen molar-refractivity contribution in [2.75, 3.05) is 0 Å². The highest BCUT2D eigenvalue weighted by atomic mass is 15.3. The molecule has 0 bridgehead atoms. The van der Waals surface area contributed by atoms with Crippen LogP contribution < -0.4 is 5.73 Å². The summed E-state index contributed by atoms with van der Waals surface area (Å²) in [6, 6.07) is 0. The van der Waals surface area contributed by atoms with Crippen LogP contribution in [0, 0.1) is 6.92 Å². The Balaban J connectivity index is 2.11. The maximum atomic E-state index is 5.49. The lowest BCUT2D eigenvalue weighted by Gasteiger charge is -1.99. The second kappa shape index (κ2) is 4.18. The molecule has 15 heavy (non-hydrogen) atoms. The summed E-state index contributed by atoms with van der Waals surface area (Å²) >= 11 is 0. The number of nitrogens with zero attached hydrogens (tertiary/aromatic N) is 4. The van der Waals surface area contributed by atoms with E-state index < -0.39 is 0 Å². The topological polar surface area (TPSA) is 69.6 Å². The summed E-state index contributed by atoms with van der Waals surface area (Å²) in [5, 5.41) is 4.16. The standard InChI is InChI=1S/C10H13N5/c1-8-3-12-10(13-4-8)7-15-6-9(2-11)5-14-15/h3-6H,2,7,11H2,1H3. The zero-order valence-corrected chi connectivity index (χ0v) is 8.59. The van der Waals surface area contributed by atoms with Gasteiger partial charge in [0.2, 0.25) is 0 Å². The van der Waals surface area contributed by atoms with E-state index >= 15 is 0 Å². The third kappa shape index (κ3) is 2.38. The lowest BCUT2D eigenvalue weighted by Crippen LogP contribution is -2.04. The lowest BCUT2D eigenvalue weighted by atomic mass is 10.4. The van der Waals surface area contributed by atoms with Crippen LogP contribution in [0.25, 0.3) is 0 Å². The number of aryl methyl sites for hydroxylation is 1. The van der Waals surface area contributed by atoms with Crippen LogP contribution in [0.4, 0.5) is 0 Å². The molecule has 0 fully saturated rings. The molecule has 2 rings (SSSR count). The van der Waals surface area contributed by atoms with Gasteiger partial charge in [0, 0.05) is 30.7 Å². The first-order chi connectivity index (χ1) is 7.28. The highest BCUT2D eigenvalue weighted by molar-refractivity contribution is 5.05. The Bertz CT molecular complexity index is 431. The van der Waals surface area contributed by atoms with Crippen LogP contribution in [0.1, 0.15) is 17.0 Å². The minimum Gasteiger partial charge on any atom is -0.326 e. The molecule has 0 unspecified atom stereocenters. The van der Waals surface area contributed by atoms with Crippen molar-refractivity contribution in [1.82, 2.24) is 19.7 Å². The van der Waals surface area contributed by atoms with Gasteiger partial charge in [0.1, 0.15) is 12.4 Å². The zero-order valence-electron chi connectivity index (χ0n) is 8.59. The van der Waals surface area contributed by atoms with E-state index in [2.05, 4.69) is 15.1 Å². The summed E-state index contributed by atoms with van der Waals surface area (Å²) in [5.74, 6) is 0.757. The Morgan fingerprint density at radius 1 is 1.27 bits per heavy atom. The molecule has 0 amide bonds. The van der Waals surface area contributed by atoms with E-state index in [1.165, 1.54) is 0 Å². The highest BCUT2D eigenvalue weighted by Crippen LogP contribution is 1.99. The number of rotatable bonds is 3. The maximum Gasteiger partial charge on any atom is 0.149 e. The highest BCUT2D eigenvalue weighted by Gasteiger charge is 2.00. The van der Waals surface area contributed by atoms with Gasteiger partial charge in [0.15, 0.2) is 0 Å². The summed E-state index contributed by atoms with van der Waals surface area (Å²) < 4.78 is 1.78. The van der Waals surface area contributed by atoms with Crippen LogP contribution in [0.15, 0.2) is 24.8 Å². The van der Waals surface area contributed by atoms with E-state index in [0.29, 0.717) is 13.1 Å². The van der Waals surface area contributed by atoms with Crippen molar-refractivity contribution < 1.29 is 0 Å². The average molecular weight is 203 g/mol. The van der Waals surface area contributed by atoms with Gasteiger partial charge in [-0.2, -0.15) is 5.10 Å². The third-order valence-corrected chi connectivity index (χ3v) is 2.06. The SMILES string of the molecule is Cc1cnc(Cn2cc(CN)cn2)nc1. The van der Waals surface area contributed by atoms with Gasteiger partial charge in [-0.3, -0.25) is 4.68 Å². The predicted molar refractivity (Wildman–Crippen MR) is 56.0 cm³/mol. The smallest absolute Gasteiger partial charge is 0.149 e. The van der Waals surface area contributed by atoms with Gasteiger partial charge >= 0.3 is 0 Å². The van der Waals surface area contributed by atoms with E-state index in [4.69, 9.17) is 5.73 Å². The molecule has 0 aliphatic carbocycles. The zero-order chi connectivity index (χ0) is 10.7. The van der Waals surface area contributed by atoms with Gasteiger partial charge in [0.25, 0.3) is 0 Å². The van der Waals surface area contributed by atoms with Crippen molar-refractivity contribution in [2.45, 2.75) is 20.0 Å². The molecule has 78 valence electrons. The molecule has 0 saturated heterocycles. The largest absolute Gasteiger partial charge is 0.326 e. The molecule has 0 aliphatic heterocycles. The molecule has 5 heteroatoms. The predicted octanol–water partition coefficient (Wildman–Crippen LogP) is 0.489. The van der Waals surface area contributed by atoms with Crippen LogP contribution in [-0.2, 0) is 13.1 Å². The van der Waals surface area contributed by atoms with Crippen LogP contribution in [-0.4, -0.2) is 19.7 Å². The van der Waals surface area contributed by atoms with Crippen molar-refractivity contribution >= 4 is 0 Å². The van der Waals surface area contributed by atoms with E-state index in [1.54, 1.807) is 23.3 Å². The Morgan fingerprint density at radius 2 is 2.00 bits per heavy atom.